The van der Waals surface area contributed by atoms with Crippen LogP contribution in [0.3, 0.4) is 0 Å². The van der Waals surface area contributed by atoms with Crippen LogP contribution in [0.5, 0.6) is 0 Å². The van der Waals surface area contributed by atoms with Crippen molar-refractivity contribution in [2.24, 2.45) is 0 Å². The first kappa shape index (κ1) is 12.3. The Morgan fingerprint density at radius 1 is 1.47 bits per heavy atom. The molecule has 1 aliphatic rings. The summed E-state index contributed by atoms with van der Waals surface area (Å²) in [5, 5.41) is 4.98. The summed E-state index contributed by atoms with van der Waals surface area (Å²) in [5.41, 5.74) is 0. The maximum absolute atomic E-state index is 12.2. The Labute approximate surface area is 116 Å². The van der Waals surface area contributed by atoms with Crippen LogP contribution in [0, 0.1) is 0 Å². The Bertz CT molecular complexity index is 522. The lowest BCUT2D eigenvalue weighted by molar-refractivity contribution is 0.192. The minimum absolute atomic E-state index is 0.00713. The largest absolute Gasteiger partial charge is 0.467 e. The highest BCUT2D eigenvalue weighted by atomic mass is 32.1. The zero-order valence-electron chi connectivity index (χ0n) is 10.5. The number of carbonyl (C=O) groups is 1. The molecule has 0 spiro atoms. The molecule has 0 aromatic carbocycles. The van der Waals surface area contributed by atoms with Gasteiger partial charge in [-0.15, -0.1) is 11.3 Å². The quantitative estimate of drug-likeness (QED) is 0.934. The third kappa shape index (κ3) is 2.66. The van der Waals surface area contributed by atoms with E-state index in [2.05, 4.69) is 16.8 Å². The Hall–Kier alpha value is -1.75. The maximum atomic E-state index is 12.2. The van der Waals surface area contributed by atoms with E-state index in [0.717, 1.165) is 25.1 Å². The molecule has 1 aliphatic heterocycles. The minimum Gasteiger partial charge on any atom is -0.467 e. The van der Waals surface area contributed by atoms with Gasteiger partial charge in [-0.3, -0.25) is 0 Å². The topological polar surface area (TPSA) is 45.5 Å². The fourth-order valence-corrected chi connectivity index (χ4v) is 3.34. The molecule has 4 nitrogen and oxygen atoms in total. The summed E-state index contributed by atoms with van der Waals surface area (Å²) in [6.07, 6.45) is 3.73. The standard InChI is InChI=1S/C14H16N2O2S/c17-14(15-10-11-4-2-8-18-11)16-7-1-5-12(16)13-6-3-9-19-13/h2-4,6,8-9,12H,1,5,7,10H2,(H,15,17)/t12-/m0/s1. The van der Waals surface area contributed by atoms with E-state index in [1.54, 1.807) is 17.6 Å². The molecule has 2 aromatic rings. The van der Waals surface area contributed by atoms with Gasteiger partial charge in [-0.1, -0.05) is 6.07 Å². The first-order chi connectivity index (χ1) is 9.34. The van der Waals surface area contributed by atoms with Crippen LogP contribution in [-0.2, 0) is 6.54 Å². The molecule has 3 rings (SSSR count). The van der Waals surface area contributed by atoms with Gasteiger partial charge in [-0.05, 0) is 36.4 Å². The molecule has 1 atom stereocenters. The van der Waals surface area contributed by atoms with Crippen molar-refractivity contribution in [2.75, 3.05) is 6.54 Å². The number of amides is 2. The molecular weight excluding hydrogens is 260 g/mol. The zero-order valence-corrected chi connectivity index (χ0v) is 11.4. The summed E-state index contributed by atoms with van der Waals surface area (Å²) in [5.74, 6) is 0.778. The van der Waals surface area contributed by atoms with E-state index in [4.69, 9.17) is 4.42 Å². The SMILES string of the molecule is O=C(NCc1ccco1)N1CCC[C@H]1c1cccs1. The average Bonchev–Trinajstić information content (AvgIpc) is 3.14. The van der Waals surface area contributed by atoms with Crippen LogP contribution in [0.1, 0.15) is 29.5 Å². The van der Waals surface area contributed by atoms with E-state index >= 15 is 0 Å². The van der Waals surface area contributed by atoms with E-state index < -0.39 is 0 Å². The third-order valence-corrected chi connectivity index (χ3v) is 4.35. The third-order valence-electron chi connectivity index (χ3n) is 3.38. The molecule has 0 saturated carbocycles. The molecule has 2 amide bonds. The number of nitrogens with zero attached hydrogens (tertiary/aromatic N) is 1. The van der Waals surface area contributed by atoms with Crippen LogP contribution in [0.15, 0.2) is 40.3 Å². The van der Waals surface area contributed by atoms with Gasteiger partial charge in [0.2, 0.25) is 0 Å². The van der Waals surface area contributed by atoms with E-state index in [9.17, 15) is 4.79 Å². The molecule has 0 bridgehead atoms. The second-order valence-electron chi connectivity index (χ2n) is 4.60. The first-order valence-electron chi connectivity index (χ1n) is 6.45. The average molecular weight is 276 g/mol. The number of thiophene rings is 1. The van der Waals surface area contributed by atoms with E-state index in [0.29, 0.717) is 6.54 Å². The minimum atomic E-state index is -0.00713. The lowest BCUT2D eigenvalue weighted by Gasteiger charge is -2.24. The monoisotopic (exact) mass is 276 g/mol. The van der Waals surface area contributed by atoms with Gasteiger partial charge in [-0.2, -0.15) is 0 Å². The van der Waals surface area contributed by atoms with Crippen molar-refractivity contribution < 1.29 is 9.21 Å². The molecule has 19 heavy (non-hydrogen) atoms. The summed E-state index contributed by atoms with van der Waals surface area (Å²) in [6, 6.07) is 8.06. The highest BCUT2D eigenvalue weighted by Crippen LogP contribution is 2.34. The van der Waals surface area contributed by atoms with Gasteiger partial charge >= 0.3 is 6.03 Å². The number of carbonyl (C=O) groups excluding carboxylic acids is 1. The van der Waals surface area contributed by atoms with Crippen molar-refractivity contribution in [1.29, 1.82) is 0 Å². The Morgan fingerprint density at radius 2 is 2.42 bits per heavy atom. The van der Waals surface area contributed by atoms with Crippen LogP contribution in [-0.4, -0.2) is 17.5 Å². The fourth-order valence-electron chi connectivity index (χ4n) is 2.46. The van der Waals surface area contributed by atoms with Crippen molar-refractivity contribution in [1.82, 2.24) is 10.2 Å². The smallest absolute Gasteiger partial charge is 0.318 e. The molecule has 5 heteroatoms. The zero-order chi connectivity index (χ0) is 13.1. The molecule has 1 N–H and O–H groups in total. The molecule has 1 fully saturated rings. The predicted octanol–water partition coefficient (Wildman–Crippen LogP) is 3.39. The highest BCUT2D eigenvalue weighted by Gasteiger charge is 2.30. The van der Waals surface area contributed by atoms with Crippen LogP contribution in [0.2, 0.25) is 0 Å². The summed E-state index contributed by atoms with van der Waals surface area (Å²) in [4.78, 5) is 15.4. The summed E-state index contributed by atoms with van der Waals surface area (Å²) in [6.45, 7) is 1.27. The number of urea groups is 1. The number of likely N-dealkylation sites (tertiary alicyclic amines) is 1. The molecule has 1 saturated heterocycles. The second kappa shape index (κ2) is 5.48. The predicted molar refractivity (Wildman–Crippen MR) is 73.9 cm³/mol. The van der Waals surface area contributed by atoms with E-state index in [-0.39, 0.29) is 12.1 Å². The summed E-state index contributed by atoms with van der Waals surface area (Å²) in [7, 11) is 0. The number of hydrogen-bond donors (Lipinski definition) is 1. The Morgan fingerprint density at radius 3 is 3.16 bits per heavy atom. The van der Waals surface area contributed by atoms with Crippen LogP contribution in [0.4, 0.5) is 4.79 Å². The number of furan rings is 1. The summed E-state index contributed by atoms with van der Waals surface area (Å²) >= 11 is 1.72. The second-order valence-corrected chi connectivity index (χ2v) is 5.58. The molecule has 2 aromatic heterocycles. The van der Waals surface area contributed by atoms with Crippen LogP contribution < -0.4 is 5.32 Å². The normalized spacial score (nSPS) is 18.7. The number of hydrogen-bond acceptors (Lipinski definition) is 3. The lowest BCUT2D eigenvalue weighted by atomic mass is 10.2. The van der Waals surface area contributed by atoms with Gasteiger partial charge in [0.05, 0.1) is 18.8 Å². The van der Waals surface area contributed by atoms with E-state index in [1.807, 2.05) is 23.1 Å². The van der Waals surface area contributed by atoms with E-state index in [1.165, 1.54) is 4.88 Å². The summed E-state index contributed by atoms with van der Waals surface area (Å²) < 4.78 is 5.21. The van der Waals surface area contributed by atoms with Crippen LogP contribution in [0.25, 0.3) is 0 Å². The molecule has 0 aliphatic carbocycles. The highest BCUT2D eigenvalue weighted by molar-refractivity contribution is 7.10. The van der Waals surface area contributed by atoms with Crippen molar-refractivity contribution >= 4 is 17.4 Å². The molecule has 100 valence electrons. The van der Waals surface area contributed by atoms with Gasteiger partial charge < -0.3 is 14.6 Å². The van der Waals surface area contributed by atoms with Crippen molar-refractivity contribution in [3.63, 3.8) is 0 Å². The lowest BCUT2D eigenvalue weighted by Crippen LogP contribution is -2.38. The first-order valence-corrected chi connectivity index (χ1v) is 7.33. The van der Waals surface area contributed by atoms with Crippen molar-refractivity contribution in [2.45, 2.75) is 25.4 Å². The molecular formula is C14H16N2O2S. The van der Waals surface area contributed by atoms with Crippen LogP contribution >= 0.6 is 11.3 Å². The Kier molecular flexibility index (Phi) is 3.55. The van der Waals surface area contributed by atoms with Gasteiger partial charge in [0.15, 0.2) is 0 Å². The van der Waals surface area contributed by atoms with Gasteiger partial charge in [-0.25, -0.2) is 4.79 Å². The number of rotatable bonds is 3. The van der Waals surface area contributed by atoms with Gasteiger partial charge in [0.25, 0.3) is 0 Å². The number of nitrogens with one attached hydrogen (secondary N) is 1. The fraction of sp³-hybridized carbons (Fsp3) is 0.357. The van der Waals surface area contributed by atoms with Gasteiger partial charge in [0.1, 0.15) is 5.76 Å². The van der Waals surface area contributed by atoms with Crippen molar-refractivity contribution in [3.8, 4) is 0 Å². The maximum Gasteiger partial charge on any atom is 0.318 e. The van der Waals surface area contributed by atoms with Crippen molar-refractivity contribution in [3.05, 3.63) is 46.5 Å². The molecule has 0 unspecified atom stereocenters. The molecule has 3 heterocycles. The Balaban J connectivity index is 1.62. The molecule has 0 radical (unpaired) electrons. The van der Waals surface area contributed by atoms with Gasteiger partial charge in [0, 0.05) is 11.4 Å².